The molecule has 4 N–H and O–H groups in total. The van der Waals surface area contributed by atoms with Crippen molar-refractivity contribution in [3.63, 3.8) is 0 Å². The lowest BCUT2D eigenvalue weighted by atomic mass is 9.99. The molecule has 8 heteroatoms. The Morgan fingerprint density at radius 2 is 1.81 bits per heavy atom. The minimum atomic E-state index is -4.59. The van der Waals surface area contributed by atoms with Crippen molar-refractivity contribution in [2.45, 2.75) is 38.5 Å². The van der Waals surface area contributed by atoms with E-state index in [-0.39, 0.29) is 35.1 Å². The smallest absolute Gasteiger partial charge is 0.397 e. The fraction of sp³-hybridized carbons (Fsp3) is 0.538. The Bertz CT molecular complexity index is 488. The van der Waals surface area contributed by atoms with Gasteiger partial charge < -0.3 is 16.2 Å². The molecule has 0 amide bonds. The van der Waals surface area contributed by atoms with Crippen molar-refractivity contribution in [3.8, 4) is 0 Å². The molecule has 21 heavy (non-hydrogen) atoms. The molecule has 122 valence electrons. The van der Waals surface area contributed by atoms with Crippen molar-refractivity contribution in [1.29, 1.82) is 0 Å². The molecular formula is C13H19Cl2F3N2O. The maximum atomic E-state index is 12.9. The van der Waals surface area contributed by atoms with Crippen LogP contribution in [0.1, 0.15) is 37.9 Å². The fourth-order valence-electron chi connectivity index (χ4n) is 1.83. The van der Waals surface area contributed by atoms with Crippen LogP contribution in [-0.2, 0) is 6.18 Å². The average Bonchev–Trinajstić information content (AvgIpc) is 2.26. The number of nitrogen functional groups attached to an aromatic ring is 1. The summed E-state index contributed by atoms with van der Waals surface area (Å²) in [5.41, 5.74) is 3.74. The Balaban J connectivity index is 0.00000400. The number of aliphatic hydroxyl groups is 1. The van der Waals surface area contributed by atoms with E-state index < -0.39 is 23.5 Å². The second kappa shape index (κ2) is 7.05. The fourth-order valence-corrected chi connectivity index (χ4v) is 2.06. The molecule has 0 aliphatic carbocycles. The molecule has 0 spiro atoms. The molecule has 1 rings (SSSR count). The second-order valence-corrected chi connectivity index (χ2v) is 6.00. The molecular weight excluding hydrogens is 328 g/mol. The van der Waals surface area contributed by atoms with Crippen LogP contribution in [0, 0.1) is 0 Å². The van der Waals surface area contributed by atoms with E-state index >= 15 is 0 Å². The van der Waals surface area contributed by atoms with Crippen LogP contribution in [-0.4, -0.2) is 17.3 Å². The minimum absolute atomic E-state index is 0. The van der Waals surface area contributed by atoms with E-state index in [0.29, 0.717) is 0 Å². The van der Waals surface area contributed by atoms with Crippen molar-refractivity contribution >= 4 is 29.7 Å². The van der Waals surface area contributed by atoms with Gasteiger partial charge in [-0.25, -0.2) is 0 Å². The molecule has 1 atom stereocenters. The lowest BCUT2D eigenvalue weighted by Gasteiger charge is -2.28. The number of nitrogens with two attached hydrogens (primary N) is 1. The van der Waals surface area contributed by atoms with Gasteiger partial charge in [-0.3, -0.25) is 0 Å². The predicted molar refractivity (Wildman–Crippen MR) is 80.8 cm³/mol. The molecule has 0 fully saturated rings. The van der Waals surface area contributed by atoms with Crippen LogP contribution in [0.25, 0.3) is 0 Å². The lowest BCUT2D eigenvalue weighted by Crippen LogP contribution is -2.40. The first-order chi connectivity index (χ1) is 8.95. The third-order valence-corrected chi connectivity index (χ3v) is 2.96. The van der Waals surface area contributed by atoms with Gasteiger partial charge in [0.15, 0.2) is 0 Å². The third-order valence-electron chi connectivity index (χ3n) is 2.65. The summed E-state index contributed by atoms with van der Waals surface area (Å²) in [6.07, 6.45) is -4.59. The van der Waals surface area contributed by atoms with Crippen LogP contribution >= 0.6 is 24.0 Å². The quantitative estimate of drug-likeness (QED) is 0.730. The molecule has 0 saturated heterocycles. The maximum Gasteiger partial charge on any atom is 0.418 e. The van der Waals surface area contributed by atoms with Crippen molar-refractivity contribution in [2.24, 2.45) is 0 Å². The zero-order valence-electron chi connectivity index (χ0n) is 11.9. The topological polar surface area (TPSA) is 58.3 Å². The monoisotopic (exact) mass is 346 g/mol. The summed E-state index contributed by atoms with van der Waals surface area (Å²) in [6, 6.07) is 1.60. The van der Waals surface area contributed by atoms with E-state index in [1.807, 2.05) is 20.8 Å². The number of anilines is 1. The van der Waals surface area contributed by atoms with Crippen molar-refractivity contribution < 1.29 is 18.3 Å². The third kappa shape index (κ3) is 5.54. The maximum absolute atomic E-state index is 12.9. The number of nitrogens with one attached hydrogen (secondary N) is 1. The Morgan fingerprint density at radius 3 is 2.19 bits per heavy atom. The SMILES string of the molecule is CC(C)(C)NC(CO)c1cc(Cl)c(N)c(C(F)(F)F)c1.Cl. The van der Waals surface area contributed by atoms with Crippen LogP contribution in [0.15, 0.2) is 12.1 Å². The summed E-state index contributed by atoms with van der Waals surface area (Å²) in [5, 5.41) is 12.2. The number of rotatable bonds is 3. The van der Waals surface area contributed by atoms with E-state index in [1.165, 1.54) is 6.07 Å². The van der Waals surface area contributed by atoms with Crippen molar-refractivity contribution in [1.82, 2.24) is 5.32 Å². The second-order valence-electron chi connectivity index (χ2n) is 5.59. The Kier molecular flexibility index (Phi) is 6.82. The van der Waals surface area contributed by atoms with Gasteiger partial charge in [-0.05, 0) is 38.5 Å². The van der Waals surface area contributed by atoms with E-state index in [9.17, 15) is 18.3 Å². The standard InChI is InChI=1S/C13H18ClF3N2O.ClH/c1-12(2,3)19-10(6-20)7-4-8(13(15,16)17)11(18)9(14)5-7;/h4-5,10,19-20H,6,18H2,1-3H3;1H. The molecule has 0 saturated carbocycles. The van der Waals surface area contributed by atoms with Crippen LogP contribution < -0.4 is 11.1 Å². The van der Waals surface area contributed by atoms with Gasteiger partial charge in [-0.2, -0.15) is 13.2 Å². The normalized spacial score (nSPS) is 13.7. The molecule has 1 aromatic carbocycles. The van der Waals surface area contributed by atoms with Gasteiger partial charge in [0.25, 0.3) is 0 Å². The molecule has 0 bridgehead atoms. The van der Waals surface area contributed by atoms with Crippen molar-refractivity contribution in [2.75, 3.05) is 12.3 Å². The van der Waals surface area contributed by atoms with Gasteiger partial charge in [0.2, 0.25) is 0 Å². The van der Waals surface area contributed by atoms with E-state index in [2.05, 4.69) is 5.32 Å². The van der Waals surface area contributed by atoms with E-state index in [0.717, 1.165) is 6.07 Å². The largest absolute Gasteiger partial charge is 0.418 e. The van der Waals surface area contributed by atoms with Crippen molar-refractivity contribution in [3.05, 3.63) is 28.3 Å². The van der Waals surface area contributed by atoms with Gasteiger partial charge in [0.1, 0.15) is 0 Å². The van der Waals surface area contributed by atoms with Crippen LogP contribution in [0.3, 0.4) is 0 Å². The first kappa shape index (κ1) is 20.3. The predicted octanol–water partition coefficient (Wildman–Crippen LogP) is 3.78. The number of aliphatic hydroxyl groups excluding tert-OH is 1. The number of alkyl halides is 3. The Labute approximate surface area is 133 Å². The Morgan fingerprint density at radius 1 is 1.29 bits per heavy atom. The molecule has 0 aliphatic rings. The number of hydrogen-bond donors (Lipinski definition) is 3. The molecule has 0 aliphatic heterocycles. The number of benzene rings is 1. The molecule has 0 radical (unpaired) electrons. The van der Waals surface area contributed by atoms with E-state index in [1.54, 1.807) is 0 Å². The summed E-state index contributed by atoms with van der Waals surface area (Å²) in [6.45, 7) is 5.19. The Hall–Kier alpha value is -0.690. The highest BCUT2D eigenvalue weighted by molar-refractivity contribution is 6.33. The molecule has 1 aromatic rings. The zero-order chi connectivity index (χ0) is 15.7. The number of hydrogen-bond acceptors (Lipinski definition) is 3. The van der Waals surface area contributed by atoms with Crippen LogP contribution in [0.2, 0.25) is 5.02 Å². The molecule has 3 nitrogen and oxygen atoms in total. The molecule has 0 heterocycles. The highest BCUT2D eigenvalue weighted by Crippen LogP contribution is 2.39. The lowest BCUT2D eigenvalue weighted by molar-refractivity contribution is -0.137. The highest BCUT2D eigenvalue weighted by Gasteiger charge is 2.35. The van der Waals surface area contributed by atoms with Gasteiger partial charge >= 0.3 is 6.18 Å². The average molecular weight is 347 g/mol. The summed E-state index contributed by atoms with van der Waals surface area (Å²) < 4.78 is 38.7. The van der Waals surface area contributed by atoms with E-state index in [4.69, 9.17) is 17.3 Å². The summed E-state index contributed by atoms with van der Waals surface area (Å²) >= 11 is 5.76. The highest BCUT2D eigenvalue weighted by atomic mass is 35.5. The summed E-state index contributed by atoms with van der Waals surface area (Å²) in [7, 11) is 0. The summed E-state index contributed by atoms with van der Waals surface area (Å²) in [4.78, 5) is 0. The minimum Gasteiger partial charge on any atom is -0.397 e. The molecule has 1 unspecified atom stereocenters. The van der Waals surface area contributed by atoms with Crippen LogP contribution in [0.5, 0.6) is 0 Å². The summed E-state index contributed by atoms with van der Waals surface area (Å²) in [5.74, 6) is 0. The van der Waals surface area contributed by atoms with Gasteiger partial charge in [0, 0.05) is 5.54 Å². The van der Waals surface area contributed by atoms with Gasteiger partial charge in [-0.1, -0.05) is 11.6 Å². The van der Waals surface area contributed by atoms with Crippen LogP contribution in [0.4, 0.5) is 18.9 Å². The number of halogens is 5. The molecule has 0 aromatic heterocycles. The van der Waals surface area contributed by atoms with Gasteiger partial charge in [0.05, 0.1) is 28.9 Å². The first-order valence-corrected chi connectivity index (χ1v) is 6.38. The van der Waals surface area contributed by atoms with Gasteiger partial charge in [-0.15, -0.1) is 12.4 Å². The zero-order valence-corrected chi connectivity index (χ0v) is 13.5. The first-order valence-electron chi connectivity index (χ1n) is 6.00.